The van der Waals surface area contributed by atoms with Crippen molar-refractivity contribution in [2.75, 3.05) is 11.9 Å². The molecule has 1 fully saturated rings. The molecule has 1 N–H and O–H groups in total. The number of hydrogen-bond acceptors (Lipinski definition) is 3. The van der Waals surface area contributed by atoms with Gasteiger partial charge < -0.3 is 5.32 Å². The smallest absolute Gasteiger partial charge is 0.144 e. The van der Waals surface area contributed by atoms with E-state index >= 15 is 0 Å². The van der Waals surface area contributed by atoms with E-state index in [-0.39, 0.29) is 0 Å². The number of nitrogens with zero attached hydrogens (tertiary/aromatic N) is 2. The van der Waals surface area contributed by atoms with Crippen LogP contribution in [0.25, 0.3) is 0 Å². The van der Waals surface area contributed by atoms with Gasteiger partial charge in [-0.15, -0.1) is 0 Å². The molecule has 15 heavy (non-hydrogen) atoms. The van der Waals surface area contributed by atoms with Crippen molar-refractivity contribution in [2.45, 2.75) is 26.2 Å². The number of nitrogens with one attached hydrogen (secondary N) is 1. The maximum atomic E-state index is 9.01. The molecule has 0 aromatic carbocycles. The summed E-state index contributed by atoms with van der Waals surface area (Å²) < 4.78 is 0. The first kappa shape index (κ1) is 9.97. The molecule has 0 amide bonds. The van der Waals surface area contributed by atoms with Crippen LogP contribution in [0.5, 0.6) is 0 Å². The molecule has 1 aliphatic carbocycles. The minimum absolute atomic E-state index is 0.678. The van der Waals surface area contributed by atoms with Crippen LogP contribution in [0.2, 0.25) is 0 Å². The van der Waals surface area contributed by atoms with Crippen LogP contribution in [0.1, 0.15) is 30.4 Å². The molecule has 0 atom stereocenters. The van der Waals surface area contributed by atoms with Gasteiger partial charge in [-0.25, -0.2) is 4.98 Å². The number of nitriles is 1. The number of rotatable bonds is 3. The second-order valence-electron chi connectivity index (χ2n) is 4.14. The number of aromatic nitrogens is 1. The molecule has 3 heteroatoms. The van der Waals surface area contributed by atoms with Crippen LogP contribution in [0, 0.1) is 24.2 Å². The van der Waals surface area contributed by atoms with Gasteiger partial charge >= 0.3 is 0 Å². The average molecular weight is 201 g/mol. The summed E-state index contributed by atoms with van der Waals surface area (Å²) in [6, 6.07) is 4.07. The lowest BCUT2D eigenvalue weighted by atomic mass is 9.85. The van der Waals surface area contributed by atoms with Crippen LogP contribution in [0.4, 0.5) is 5.82 Å². The van der Waals surface area contributed by atoms with E-state index in [1.54, 1.807) is 6.20 Å². The summed E-state index contributed by atoms with van der Waals surface area (Å²) in [4.78, 5) is 4.21. The largest absolute Gasteiger partial charge is 0.369 e. The molecule has 0 saturated heterocycles. The van der Waals surface area contributed by atoms with Crippen molar-refractivity contribution in [3.63, 3.8) is 0 Å². The van der Waals surface area contributed by atoms with Gasteiger partial charge in [0.15, 0.2) is 0 Å². The summed E-state index contributed by atoms with van der Waals surface area (Å²) in [5.41, 5.74) is 1.67. The van der Waals surface area contributed by atoms with Crippen molar-refractivity contribution >= 4 is 5.82 Å². The minimum atomic E-state index is 0.678. The maximum Gasteiger partial charge on any atom is 0.144 e. The molecule has 3 nitrogen and oxygen atoms in total. The van der Waals surface area contributed by atoms with Gasteiger partial charge in [-0.2, -0.15) is 5.26 Å². The van der Waals surface area contributed by atoms with E-state index in [0.717, 1.165) is 23.8 Å². The Hall–Kier alpha value is -1.56. The Morgan fingerprint density at radius 1 is 1.60 bits per heavy atom. The molecule has 0 bridgehead atoms. The molecule has 2 rings (SSSR count). The summed E-state index contributed by atoms with van der Waals surface area (Å²) in [5.74, 6) is 1.52. The fourth-order valence-corrected chi connectivity index (χ4v) is 1.77. The van der Waals surface area contributed by atoms with E-state index < -0.39 is 0 Å². The molecule has 1 aliphatic rings. The Bertz CT molecular complexity index is 388. The van der Waals surface area contributed by atoms with E-state index in [1.165, 1.54) is 19.3 Å². The molecular formula is C12H15N3. The number of anilines is 1. The van der Waals surface area contributed by atoms with Crippen molar-refractivity contribution in [3.8, 4) is 6.07 Å². The Morgan fingerprint density at radius 3 is 3.00 bits per heavy atom. The van der Waals surface area contributed by atoms with Crippen molar-refractivity contribution in [2.24, 2.45) is 5.92 Å². The van der Waals surface area contributed by atoms with Crippen LogP contribution < -0.4 is 5.32 Å². The predicted octanol–water partition coefficient (Wildman–Crippen LogP) is 2.47. The highest BCUT2D eigenvalue weighted by atomic mass is 15.0. The predicted molar refractivity (Wildman–Crippen MR) is 59.5 cm³/mol. The maximum absolute atomic E-state index is 9.01. The lowest BCUT2D eigenvalue weighted by Crippen LogP contribution is -2.21. The monoisotopic (exact) mass is 201 g/mol. The van der Waals surface area contributed by atoms with E-state index in [9.17, 15) is 0 Å². The molecule has 78 valence electrons. The molecule has 1 heterocycles. The van der Waals surface area contributed by atoms with E-state index in [2.05, 4.69) is 16.4 Å². The topological polar surface area (TPSA) is 48.7 Å². The summed E-state index contributed by atoms with van der Waals surface area (Å²) in [7, 11) is 0. The first-order valence-corrected chi connectivity index (χ1v) is 5.41. The summed E-state index contributed by atoms with van der Waals surface area (Å²) in [6.07, 6.45) is 5.71. The molecule has 1 aromatic heterocycles. The standard InChI is InChI=1S/C12H15N3/c1-9-5-6-14-12(11(9)7-13)15-8-10-3-2-4-10/h5-6,10H,2-4,8H2,1H3,(H,14,15). The first-order chi connectivity index (χ1) is 7.31. The second-order valence-corrected chi connectivity index (χ2v) is 4.14. The van der Waals surface area contributed by atoms with Crippen LogP contribution in [-0.2, 0) is 0 Å². The minimum Gasteiger partial charge on any atom is -0.369 e. The van der Waals surface area contributed by atoms with Crippen molar-refractivity contribution in [1.82, 2.24) is 4.98 Å². The molecule has 0 unspecified atom stereocenters. The molecule has 1 aromatic rings. The van der Waals surface area contributed by atoms with E-state index in [4.69, 9.17) is 5.26 Å². The van der Waals surface area contributed by atoms with Gasteiger partial charge in [0, 0.05) is 12.7 Å². The van der Waals surface area contributed by atoms with Crippen LogP contribution in [0.15, 0.2) is 12.3 Å². The summed E-state index contributed by atoms with van der Waals surface area (Å²) >= 11 is 0. The molecule has 0 spiro atoms. The van der Waals surface area contributed by atoms with Gasteiger partial charge in [0.25, 0.3) is 0 Å². The Kier molecular flexibility index (Phi) is 2.86. The number of hydrogen-bond donors (Lipinski definition) is 1. The highest BCUT2D eigenvalue weighted by Crippen LogP contribution is 2.26. The third-order valence-electron chi connectivity index (χ3n) is 3.05. The molecule has 0 radical (unpaired) electrons. The zero-order valence-corrected chi connectivity index (χ0v) is 8.95. The van der Waals surface area contributed by atoms with Gasteiger partial charge in [-0.1, -0.05) is 6.42 Å². The Balaban J connectivity index is 2.06. The normalized spacial score (nSPS) is 15.5. The fraction of sp³-hybridized carbons (Fsp3) is 0.500. The van der Waals surface area contributed by atoms with E-state index in [1.807, 2.05) is 13.0 Å². The third kappa shape index (κ3) is 2.10. The Labute approximate surface area is 90.1 Å². The van der Waals surface area contributed by atoms with Gasteiger partial charge in [0.2, 0.25) is 0 Å². The average Bonchev–Trinajstić information content (AvgIpc) is 2.15. The highest BCUT2D eigenvalue weighted by molar-refractivity contribution is 5.55. The lowest BCUT2D eigenvalue weighted by Gasteiger charge is -2.25. The van der Waals surface area contributed by atoms with E-state index in [0.29, 0.717) is 5.56 Å². The Morgan fingerprint density at radius 2 is 2.40 bits per heavy atom. The van der Waals surface area contributed by atoms with Gasteiger partial charge in [0.05, 0.1) is 5.56 Å². The van der Waals surface area contributed by atoms with Crippen LogP contribution in [-0.4, -0.2) is 11.5 Å². The van der Waals surface area contributed by atoms with Crippen LogP contribution in [0.3, 0.4) is 0 Å². The van der Waals surface area contributed by atoms with Gasteiger partial charge in [-0.3, -0.25) is 0 Å². The zero-order valence-electron chi connectivity index (χ0n) is 8.95. The lowest BCUT2D eigenvalue weighted by molar-refractivity contribution is 0.333. The van der Waals surface area contributed by atoms with Gasteiger partial charge in [-0.05, 0) is 37.3 Å². The van der Waals surface area contributed by atoms with Crippen molar-refractivity contribution in [3.05, 3.63) is 23.4 Å². The second kappa shape index (κ2) is 4.31. The summed E-state index contributed by atoms with van der Waals surface area (Å²) in [6.45, 7) is 2.89. The molecular weight excluding hydrogens is 186 g/mol. The quantitative estimate of drug-likeness (QED) is 0.817. The highest BCUT2D eigenvalue weighted by Gasteiger charge is 2.17. The number of aryl methyl sites for hydroxylation is 1. The van der Waals surface area contributed by atoms with Crippen molar-refractivity contribution < 1.29 is 0 Å². The third-order valence-corrected chi connectivity index (χ3v) is 3.05. The zero-order chi connectivity index (χ0) is 10.7. The summed E-state index contributed by atoms with van der Waals surface area (Å²) in [5, 5.41) is 12.3. The SMILES string of the molecule is Cc1ccnc(NCC2CCC2)c1C#N. The first-order valence-electron chi connectivity index (χ1n) is 5.41. The molecule has 1 saturated carbocycles. The fourth-order valence-electron chi connectivity index (χ4n) is 1.77. The molecule has 0 aliphatic heterocycles. The number of pyridine rings is 1. The van der Waals surface area contributed by atoms with Crippen molar-refractivity contribution in [1.29, 1.82) is 5.26 Å². The van der Waals surface area contributed by atoms with Gasteiger partial charge in [0.1, 0.15) is 11.9 Å². The van der Waals surface area contributed by atoms with Crippen LogP contribution >= 0.6 is 0 Å².